The normalized spacial score (nSPS) is 18.4. The van der Waals surface area contributed by atoms with Gasteiger partial charge in [-0.2, -0.15) is 0 Å². The molecule has 0 radical (unpaired) electrons. The topological polar surface area (TPSA) is 119 Å². The molecule has 1 aliphatic rings. The predicted octanol–water partition coefficient (Wildman–Crippen LogP) is 3.44. The first kappa shape index (κ1) is 31.9. The Kier molecular flexibility index (Phi) is 12.0. The van der Waals surface area contributed by atoms with Gasteiger partial charge in [-0.15, -0.1) is 0 Å². The molecular formula is C30H37N3O7S. The van der Waals surface area contributed by atoms with E-state index in [4.69, 9.17) is 14.2 Å². The highest BCUT2D eigenvalue weighted by molar-refractivity contribution is 7.97. The number of ether oxygens (including phenoxy) is 3. The van der Waals surface area contributed by atoms with Crippen molar-refractivity contribution in [2.24, 2.45) is 0 Å². The second-order valence-electron chi connectivity index (χ2n) is 9.18. The minimum absolute atomic E-state index is 0.100. The van der Waals surface area contributed by atoms with Gasteiger partial charge in [0.05, 0.1) is 50.8 Å². The molecular weight excluding hydrogens is 546 g/mol. The van der Waals surface area contributed by atoms with E-state index in [0.717, 1.165) is 11.9 Å². The number of carboxylic acid groups (broad SMARTS) is 1. The summed E-state index contributed by atoms with van der Waals surface area (Å²) in [5.41, 5.74) is 1.11. The fourth-order valence-electron chi connectivity index (χ4n) is 4.60. The van der Waals surface area contributed by atoms with Crippen LogP contribution in [0.25, 0.3) is 0 Å². The molecule has 1 heterocycles. The van der Waals surface area contributed by atoms with E-state index in [1.807, 2.05) is 6.07 Å². The number of nitrogens with one attached hydrogen (secondary N) is 1. The number of quaternary nitrogens is 1. The van der Waals surface area contributed by atoms with E-state index in [-0.39, 0.29) is 5.69 Å². The average molecular weight is 584 g/mol. The van der Waals surface area contributed by atoms with E-state index in [9.17, 15) is 20.0 Å². The Balaban J connectivity index is 0.000000587. The molecule has 0 amide bonds. The van der Waals surface area contributed by atoms with Crippen LogP contribution in [0.2, 0.25) is 0 Å². The van der Waals surface area contributed by atoms with Gasteiger partial charge in [0, 0.05) is 17.7 Å². The van der Waals surface area contributed by atoms with Crippen LogP contribution in [0.15, 0.2) is 77.7 Å². The van der Waals surface area contributed by atoms with Crippen molar-refractivity contribution in [2.45, 2.75) is 44.0 Å². The van der Waals surface area contributed by atoms with Crippen LogP contribution in [-0.4, -0.2) is 55.2 Å². The van der Waals surface area contributed by atoms with Crippen LogP contribution >= 0.6 is 11.9 Å². The second-order valence-corrected chi connectivity index (χ2v) is 10.2. The molecule has 1 saturated heterocycles. The smallest absolute Gasteiger partial charge is 0.284 e. The number of hydrogen-bond acceptors (Lipinski definition) is 9. The molecule has 0 spiro atoms. The zero-order valence-corrected chi connectivity index (χ0v) is 24.8. The first-order valence-electron chi connectivity index (χ1n) is 13.5. The number of nitro groups is 1. The number of para-hydroxylation sites is 1. The summed E-state index contributed by atoms with van der Waals surface area (Å²) in [5.74, 6) is -0.423. The summed E-state index contributed by atoms with van der Waals surface area (Å²) in [6.45, 7) is 10.5. The van der Waals surface area contributed by atoms with Crippen molar-refractivity contribution < 1.29 is 33.9 Å². The van der Waals surface area contributed by atoms with E-state index >= 15 is 0 Å². The Morgan fingerprint density at radius 1 is 0.976 bits per heavy atom. The highest BCUT2D eigenvalue weighted by atomic mass is 32.2. The monoisotopic (exact) mass is 583 g/mol. The Morgan fingerprint density at radius 3 is 2.15 bits per heavy atom. The molecule has 4 rings (SSSR count). The Bertz CT molecular complexity index is 1280. The molecule has 0 aliphatic carbocycles. The number of nitro benzene ring substituents is 1. The molecule has 0 bridgehead atoms. The van der Waals surface area contributed by atoms with Gasteiger partial charge in [-0.3, -0.25) is 10.1 Å². The summed E-state index contributed by atoms with van der Waals surface area (Å²) >= 11 is 1.05. The van der Waals surface area contributed by atoms with Crippen LogP contribution in [0, 0.1) is 10.1 Å². The summed E-state index contributed by atoms with van der Waals surface area (Å²) in [7, 11) is 3.01. The summed E-state index contributed by atoms with van der Waals surface area (Å²) in [5, 5.41) is 23.8. The molecule has 3 unspecified atom stereocenters. The van der Waals surface area contributed by atoms with Crippen LogP contribution in [0.5, 0.6) is 11.5 Å². The van der Waals surface area contributed by atoms with Crippen molar-refractivity contribution in [1.82, 2.24) is 4.31 Å². The molecule has 1 fully saturated rings. The van der Waals surface area contributed by atoms with Crippen molar-refractivity contribution >= 4 is 23.6 Å². The SMILES string of the molecule is CC[NH+](CC)CC.COc1ccc(C2OC(C(=O)[O-])C(c3ccccc3)N2Sc2ccccc2[N+](=O)[O-])c(OC)c1. The van der Waals surface area contributed by atoms with Crippen LogP contribution in [-0.2, 0) is 9.53 Å². The largest absolute Gasteiger partial charge is 0.547 e. The first-order chi connectivity index (χ1) is 19.8. The van der Waals surface area contributed by atoms with Crippen molar-refractivity contribution in [3.63, 3.8) is 0 Å². The number of rotatable bonds is 11. The number of carbonyl (C=O) groups is 1. The summed E-state index contributed by atoms with van der Waals surface area (Å²) < 4.78 is 18.5. The Morgan fingerprint density at radius 2 is 1.61 bits per heavy atom. The molecule has 220 valence electrons. The highest BCUT2D eigenvalue weighted by Gasteiger charge is 2.46. The lowest BCUT2D eigenvalue weighted by molar-refractivity contribution is -0.894. The van der Waals surface area contributed by atoms with Gasteiger partial charge < -0.3 is 29.0 Å². The van der Waals surface area contributed by atoms with E-state index in [1.54, 1.807) is 69.9 Å². The maximum absolute atomic E-state index is 12.2. The minimum Gasteiger partial charge on any atom is -0.547 e. The van der Waals surface area contributed by atoms with Crippen molar-refractivity contribution in [2.75, 3.05) is 33.9 Å². The lowest BCUT2D eigenvalue weighted by Crippen LogP contribution is -3.11. The fourth-order valence-corrected chi connectivity index (χ4v) is 5.80. The average Bonchev–Trinajstić information content (AvgIpc) is 3.37. The molecule has 0 aromatic heterocycles. The zero-order valence-electron chi connectivity index (χ0n) is 23.9. The number of methoxy groups -OCH3 is 2. The standard InChI is InChI=1S/C24H22N2O7S.C6H15N/c1-31-16-12-13-17(19(14-16)32-2)23-25(34-20-11-7-6-10-18(20)26(29)30)21(22(33-23)24(27)28)15-8-4-3-5-9-15;1-4-7(5-2)6-3/h3-14,21-23H,1-2H3,(H,27,28);4-6H2,1-3H3. The molecule has 41 heavy (non-hydrogen) atoms. The molecule has 0 saturated carbocycles. The van der Waals surface area contributed by atoms with Gasteiger partial charge in [0.1, 0.15) is 22.5 Å². The molecule has 1 aliphatic heterocycles. The van der Waals surface area contributed by atoms with Gasteiger partial charge in [-0.25, -0.2) is 4.31 Å². The number of nitrogens with zero attached hydrogens (tertiary/aromatic N) is 2. The fraction of sp³-hybridized carbons (Fsp3) is 0.367. The van der Waals surface area contributed by atoms with Crippen LogP contribution in [0.3, 0.4) is 0 Å². The van der Waals surface area contributed by atoms with Crippen LogP contribution in [0.4, 0.5) is 5.69 Å². The molecule has 11 heteroatoms. The number of carbonyl (C=O) groups excluding carboxylic acids is 1. The highest BCUT2D eigenvalue weighted by Crippen LogP contribution is 2.52. The number of aliphatic carboxylic acids is 1. The third-order valence-corrected chi connectivity index (χ3v) is 8.08. The molecule has 1 N–H and O–H groups in total. The van der Waals surface area contributed by atoms with Gasteiger partial charge in [0.2, 0.25) is 0 Å². The quantitative estimate of drug-likeness (QED) is 0.206. The van der Waals surface area contributed by atoms with Crippen molar-refractivity contribution in [3.05, 3.63) is 94.0 Å². The van der Waals surface area contributed by atoms with E-state index < -0.39 is 29.3 Å². The maximum Gasteiger partial charge on any atom is 0.284 e. The second kappa shape index (κ2) is 15.4. The van der Waals surface area contributed by atoms with Gasteiger partial charge in [-0.1, -0.05) is 42.5 Å². The van der Waals surface area contributed by atoms with Crippen molar-refractivity contribution in [3.8, 4) is 11.5 Å². The summed E-state index contributed by atoms with van der Waals surface area (Å²) in [6.07, 6.45) is -2.26. The molecule has 10 nitrogen and oxygen atoms in total. The first-order valence-corrected chi connectivity index (χ1v) is 14.2. The lowest BCUT2D eigenvalue weighted by Gasteiger charge is -2.28. The number of benzene rings is 3. The third-order valence-electron chi connectivity index (χ3n) is 6.91. The maximum atomic E-state index is 12.2. The van der Waals surface area contributed by atoms with E-state index in [0.29, 0.717) is 27.5 Å². The molecule has 3 aromatic carbocycles. The van der Waals surface area contributed by atoms with Gasteiger partial charge in [0.25, 0.3) is 5.69 Å². The van der Waals surface area contributed by atoms with E-state index in [1.165, 1.54) is 39.9 Å². The Labute approximate surface area is 245 Å². The number of carboxylic acids is 1. The van der Waals surface area contributed by atoms with Crippen molar-refractivity contribution in [1.29, 1.82) is 0 Å². The molecule has 3 atom stereocenters. The van der Waals surface area contributed by atoms with Gasteiger partial charge >= 0.3 is 0 Å². The van der Waals surface area contributed by atoms with E-state index in [2.05, 4.69) is 20.8 Å². The lowest BCUT2D eigenvalue weighted by atomic mass is 10.0. The third kappa shape index (κ3) is 7.76. The minimum atomic E-state index is -1.39. The summed E-state index contributed by atoms with van der Waals surface area (Å²) in [4.78, 5) is 25.4. The molecule has 3 aromatic rings. The Hall–Kier alpha value is -3.64. The van der Waals surface area contributed by atoms with Gasteiger partial charge in [0.15, 0.2) is 6.23 Å². The van der Waals surface area contributed by atoms with Crippen LogP contribution < -0.4 is 19.5 Å². The van der Waals surface area contributed by atoms with Crippen LogP contribution in [0.1, 0.15) is 44.2 Å². The van der Waals surface area contributed by atoms with Gasteiger partial charge in [-0.05, 0) is 56.5 Å². The number of hydrogen-bond donors (Lipinski definition) is 1. The predicted molar refractivity (Wildman–Crippen MR) is 155 cm³/mol. The summed E-state index contributed by atoms with van der Waals surface area (Å²) in [6, 6.07) is 19.5. The zero-order chi connectivity index (χ0) is 29.9.